The first-order chi connectivity index (χ1) is 12.1. The van der Waals surface area contributed by atoms with Gasteiger partial charge in [-0.2, -0.15) is 0 Å². The van der Waals surface area contributed by atoms with Crippen molar-refractivity contribution in [3.05, 3.63) is 27.8 Å². The Morgan fingerprint density at radius 1 is 1.04 bits per heavy atom. The molecule has 1 saturated carbocycles. The summed E-state index contributed by atoms with van der Waals surface area (Å²) in [5, 5.41) is 2.90. The number of carbonyl (C=O) groups is 1. The zero-order valence-electron chi connectivity index (χ0n) is 16.8. The van der Waals surface area contributed by atoms with Crippen LogP contribution < -0.4 is 15.8 Å². The Morgan fingerprint density at radius 2 is 1.52 bits per heavy atom. The van der Waals surface area contributed by atoms with Crippen LogP contribution in [0.3, 0.4) is 0 Å². The quantitative estimate of drug-likeness (QED) is 0.603. The van der Waals surface area contributed by atoms with Gasteiger partial charge in [0, 0.05) is 25.6 Å². The maximum Gasteiger partial charge on any atom is 0.241 e. The Morgan fingerprint density at radius 3 is 1.96 bits per heavy atom. The second kappa shape index (κ2) is 9.37. The molecule has 0 heterocycles. The van der Waals surface area contributed by atoms with Crippen LogP contribution in [-0.4, -0.2) is 33.5 Å². The third-order valence-corrected chi connectivity index (χ3v) is 7.37. The number of rotatable bonds is 8. The molecule has 1 atom stereocenters. The molecule has 154 valence electrons. The number of amides is 1. The van der Waals surface area contributed by atoms with Crippen LogP contribution >= 0.6 is 12.4 Å². The minimum atomic E-state index is -3.67. The molecule has 1 unspecified atom stereocenters. The van der Waals surface area contributed by atoms with Crippen molar-refractivity contribution in [2.45, 2.75) is 64.8 Å². The molecule has 27 heavy (non-hydrogen) atoms. The highest BCUT2D eigenvalue weighted by Crippen LogP contribution is 2.32. The minimum Gasteiger partial charge on any atom is -0.352 e. The summed E-state index contributed by atoms with van der Waals surface area (Å²) in [4.78, 5) is 12.4. The molecule has 4 N–H and O–H groups in total. The van der Waals surface area contributed by atoms with Gasteiger partial charge < -0.3 is 11.1 Å². The standard InChI is InChI=1S/C19H31N3O3S.ClH/c1-11-12(2)14(4)19(15(5)13(11)3)26(24,25)21-9-8-18(23)22-17(10-20)16-6-7-16;/h16-17,21H,6-10,20H2,1-5H3,(H,22,23);1H. The second-order valence-electron chi connectivity index (χ2n) is 7.35. The van der Waals surface area contributed by atoms with E-state index in [4.69, 9.17) is 5.73 Å². The Bertz CT molecular complexity index is 776. The van der Waals surface area contributed by atoms with Crippen LogP contribution in [0.2, 0.25) is 0 Å². The van der Waals surface area contributed by atoms with Crippen molar-refractivity contribution >= 4 is 28.3 Å². The minimum absolute atomic E-state index is 0. The van der Waals surface area contributed by atoms with E-state index >= 15 is 0 Å². The van der Waals surface area contributed by atoms with Crippen molar-refractivity contribution in [1.29, 1.82) is 0 Å². The van der Waals surface area contributed by atoms with Gasteiger partial charge in [-0.25, -0.2) is 13.1 Å². The van der Waals surface area contributed by atoms with Crippen LogP contribution in [-0.2, 0) is 14.8 Å². The zero-order valence-corrected chi connectivity index (χ0v) is 18.4. The molecule has 2 rings (SSSR count). The van der Waals surface area contributed by atoms with Gasteiger partial charge in [-0.05, 0) is 81.2 Å². The Kier molecular flexibility index (Phi) is 8.29. The number of hydrogen-bond donors (Lipinski definition) is 3. The molecule has 0 bridgehead atoms. The van der Waals surface area contributed by atoms with E-state index in [1.54, 1.807) is 0 Å². The fourth-order valence-corrected chi connectivity index (χ4v) is 5.01. The van der Waals surface area contributed by atoms with Gasteiger partial charge in [-0.1, -0.05) is 0 Å². The van der Waals surface area contributed by atoms with Crippen LogP contribution in [0.1, 0.15) is 47.1 Å². The molecule has 1 aromatic rings. The molecule has 1 aliphatic carbocycles. The molecule has 0 spiro atoms. The second-order valence-corrected chi connectivity index (χ2v) is 9.05. The van der Waals surface area contributed by atoms with E-state index < -0.39 is 10.0 Å². The van der Waals surface area contributed by atoms with Gasteiger partial charge >= 0.3 is 0 Å². The van der Waals surface area contributed by atoms with Crippen LogP contribution in [0.5, 0.6) is 0 Å². The molecule has 8 heteroatoms. The van der Waals surface area contributed by atoms with Gasteiger partial charge in [-0.15, -0.1) is 12.4 Å². The molecular formula is C19H32ClN3O3S. The van der Waals surface area contributed by atoms with Crippen molar-refractivity contribution in [3.8, 4) is 0 Å². The van der Waals surface area contributed by atoms with Gasteiger partial charge in [0.2, 0.25) is 15.9 Å². The van der Waals surface area contributed by atoms with Gasteiger partial charge in [0.25, 0.3) is 0 Å². The number of benzene rings is 1. The third kappa shape index (κ3) is 5.44. The Balaban J connectivity index is 0.00000364. The fraction of sp³-hybridized carbons (Fsp3) is 0.632. The van der Waals surface area contributed by atoms with Crippen molar-refractivity contribution < 1.29 is 13.2 Å². The lowest BCUT2D eigenvalue weighted by Gasteiger charge is -2.19. The lowest BCUT2D eigenvalue weighted by Crippen LogP contribution is -2.42. The summed E-state index contributed by atoms with van der Waals surface area (Å²) < 4.78 is 28.2. The smallest absolute Gasteiger partial charge is 0.241 e. The van der Waals surface area contributed by atoms with E-state index in [1.165, 1.54) is 0 Å². The summed E-state index contributed by atoms with van der Waals surface area (Å²) in [7, 11) is -3.67. The maximum atomic E-state index is 12.8. The van der Waals surface area contributed by atoms with Gasteiger partial charge in [0.1, 0.15) is 0 Å². The van der Waals surface area contributed by atoms with Gasteiger partial charge in [0.15, 0.2) is 0 Å². The molecular weight excluding hydrogens is 386 g/mol. The number of hydrogen-bond acceptors (Lipinski definition) is 4. The topological polar surface area (TPSA) is 101 Å². The Hall–Kier alpha value is -1.15. The molecule has 1 fully saturated rings. The predicted octanol–water partition coefficient (Wildman–Crippen LogP) is 2.17. The van der Waals surface area contributed by atoms with Crippen LogP contribution in [0, 0.1) is 40.5 Å². The van der Waals surface area contributed by atoms with E-state index in [0.29, 0.717) is 17.4 Å². The van der Waals surface area contributed by atoms with E-state index in [-0.39, 0.29) is 37.3 Å². The summed E-state index contributed by atoms with van der Waals surface area (Å²) in [5.74, 6) is 0.309. The van der Waals surface area contributed by atoms with Gasteiger partial charge in [0.05, 0.1) is 4.90 Å². The Labute approximate surface area is 169 Å². The lowest BCUT2D eigenvalue weighted by molar-refractivity contribution is -0.121. The average Bonchev–Trinajstić information content (AvgIpc) is 3.40. The summed E-state index contributed by atoms with van der Waals surface area (Å²) in [5.41, 5.74) is 10.3. The third-order valence-electron chi connectivity index (χ3n) is 5.64. The number of nitrogens with two attached hydrogens (primary N) is 1. The van der Waals surface area contributed by atoms with E-state index in [0.717, 1.165) is 40.7 Å². The molecule has 1 aromatic carbocycles. The monoisotopic (exact) mass is 417 g/mol. The fourth-order valence-electron chi connectivity index (χ4n) is 3.39. The molecule has 1 aliphatic rings. The molecule has 1 amide bonds. The van der Waals surface area contributed by atoms with Crippen molar-refractivity contribution in [1.82, 2.24) is 10.0 Å². The number of nitrogens with one attached hydrogen (secondary N) is 2. The molecule has 0 aliphatic heterocycles. The highest BCUT2D eigenvalue weighted by Gasteiger charge is 2.31. The SMILES string of the molecule is Cc1c(C)c(C)c(S(=O)(=O)NCCC(=O)NC(CN)C2CC2)c(C)c1C.Cl. The van der Waals surface area contributed by atoms with Crippen LogP contribution in [0.15, 0.2) is 4.90 Å². The first-order valence-corrected chi connectivity index (χ1v) is 10.6. The van der Waals surface area contributed by atoms with Crippen molar-refractivity contribution in [2.75, 3.05) is 13.1 Å². The molecule has 0 aromatic heterocycles. The number of sulfonamides is 1. The highest BCUT2D eigenvalue weighted by atomic mass is 35.5. The van der Waals surface area contributed by atoms with Crippen molar-refractivity contribution in [2.24, 2.45) is 11.7 Å². The summed E-state index contributed by atoms with van der Waals surface area (Å²) in [6.07, 6.45) is 2.29. The van der Waals surface area contributed by atoms with E-state index in [9.17, 15) is 13.2 Å². The number of halogens is 1. The first-order valence-electron chi connectivity index (χ1n) is 9.16. The maximum absolute atomic E-state index is 12.8. The average molecular weight is 418 g/mol. The summed E-state index contributed by atoms with van der Waals surface area (Å²) >= 11 is 0. The molecule has 0 radical (unpaired) electrons. The lowest BCUT2D eigenvalue weighted by atomic mass is 9.95. The van der Waals surface area contributed by atoms with Gasteiger partial charge in [-0.3, -0.25) is 4.79 Å². The molecule has 6 nitrogen and oxygen atoms in total. The number of carbonyl (C=O) groups excluding carboxylic acids is 1. The van der Waals surface area contributed by atoms with E-state index in [2.05, 4.69) is 10.0 Å². The van der Waals surface area contributed by atoms with Crippen LogP contribution in [0.25, 0.3) is 0 Å². The van der Waals surface area contributed by atoms with Crippen LogP contribution in [0.4, 0.5) is 0 Å². The first kappa shape index (κ1) is 23.9. The zero-order chi connectivity index (χ0) is 19.6. The summed E-state index contributed by atoms with van der Waals surface area (Å²) in [6, 6.07) is 0.00555. The summed E-state index contributed by atoms with van der Waals surface area (Å²) in [6.45, 7) is 10.0. The predicted molar refractivity (Wildman–Crippen MR) is 111 cm³/mol. The van der Waals surface area contributed by atoms with Crippen molar-refractivity contribution in [3.63, 3.8) is 0 Å². The van der Waals surface area contributed by atoms with E-state index in [1.807, 2.05) is 34.6 Å². The highest BCUT2D eigenvalue weighted by molar-refractivity contribution is 7.89. The molecule has 0 saturated heterocycles. The normalized spacial score (nSPS) is 15.2. The largest absolute Gasteiger partial charge is 0.352 e.